The molecule has 1 saturated carbocycles. The van der Waals surface area contributed by atoms with E-state index in [9.17, 15) is 9.59 Å². The molecule has 3 nitrogen and oxygen atoms in total. The molecule has 1 N–H and O–H groups in total. The van der Waals surface area contributed by atoms with E-state index in [0.717, 1.165) is 19.3 Å². The first-order valence-electron chi connectivity index (χ1n) is 8.58. The smallest absolute Gasteiger partial charge is 0.220 e. The van der Waals surface area contributed by atoms with Crippen molar-refractivity contribution >= 4 is 11.7 Å². The normalized spacial score (nSPS) is 19.9. The molecule has 0 aromatic heterocycles. The molecular formula is C18H33NO2. The van der Waals surface area contributed by atoms with Crippen LogP contribution in [0.5, 0.6) is 0 Å². The molecule has 1 unspecified atom stereocenters. The minimum Gasteiger partial charge on any atom is -0.346 e. The van der Waals surface area contributed by atoms with Crippen molar-refractivity contribution in [1.29, 1.82) is 0 Å². The Hall–Kier alpha value is -0.860. The van der Waals surface area contributed by atoms with Crippen LogP contribution < -0.4 is 5.32 Å². The summed E-state index contributed by atoms with van der Waals surface area (Å²) in [4.78, 5) is 24.9. The van der Waals surface area contributed by atoms with Gasteiger partial charge in [-0.2, -0.15) is 0 Å². The van der Waals surface area contributed by atoms with Gasteiger partial charge in [0, 0.05) is 12.3 Å². The van der Waals surface area contributed by atoms with Gasteiger partial charge in [0.2, 0.25) is 5.91 Å². The van der Waals surface area contributed by atoms with E-state index in [1.54, 1.807) is 0 Å². The monoisotopic (exact) mass is 295 g/mol. The molecule has 1 amide bonds. The molecule has 0 bridgehead atoms. The third-order valence-corrected chi connectivity index (χ3v) is 4.75. The van der Waals surface area contributed by atoms with E-state index in [1.807, 2.05) is 34.6 Å². The maximum atomic E-state index is 12.5. The van der Waals surface area contributed by atoms with Crippen molar-refractivity contribution in [2.45, 2.75) is 85.6 Å². The molecule has 1 aliphatic rings. The molecule has 0 aromatic rings. The Labute approximate surface area is 130 Å². The van der Waals surface area contributed by atoms with Gasteiger partial charge >= 0.3 is 0 Å². The fourth-order valence-electron chi connectivity index (χ4n) is 3.07. The average Bonchev–Trinajstić information content (AvgIpc) is 2.43. The van der Waals surface area contributed by atoms with E-state index in [-0.39, 0.29) is 29.1 Å². The van der Waals surface area contributed by atoms with Crippen molar-refractivity contribution in [3.8, 4) is 0 Å². The number of carbonyl (C=O) groups is 2. The van der Waals surface area contributed by atoms with Gasteiger partial charge in [0.25, 0.3) is 0 Å². The van der Waals surface area contributed by atoms with Crippen LogP contribution in [0.1, 0.15) is 79.6 Å². The van der Waals surface area contributed by atoms with Crippen LogP contribution in [0, 0.1) is 17.3 Å². The number of carbonyl (C=O) groups excluding carboxylic acids is 2. The maximum absolute atomic E-state index is 12.5. The lowest BCUT2D eigenvalue weighted by molar-refractivity contribution is -0.133. The van der Waals surface area contributed by atoms with E-state index >= 15 is 0 Å². The number of hydrogen-bond donors (Lipinski definition) is 1. The van der Waals surface area contributed by atoms with Gasteiger partial charge in [-0.05, 0) is 30.6 Å². The molecule has 0 saturated heterocycles. The van der Waals surface area contributed by atoms with E-state index in [1.165, 1.54) is 19.3 Å². The standard InChI is InChI=1S/C18H33NO2/c1-6-13(2)16(21)17(18(3,4)5)19-15(20)12-14-10-8-7-9-11-14/h13-14,17H,6-12H2,1-5H3,(H,19,20)/t13?,17-/m1/s1. The topological polar surface area (TPSA) is 46.2 Å². The largest absolute Gasteiger partial charge is 0.346 e. The molecule has 0 aromatic carbocycles. The lowest BCUT2D eigenvalue weighted by Gasteiger charge is -2.32. The molecule has 0 aliphatic heterocycles. The summed E-state index contributed by atoms with van der Waals surface area (Å²) in [5, 5.41) is 3.03. The Morgan fingerprint density at radius 2 is 1.71 bits per heavy atom. The summed E-state index contributed by atoms with van der Waals surface area (Å²) in [5.41, 5.74) is -0.233. The van der Waals surface area contributed by atoms with E-state index in [0.29, 0.717) is 12.3 Å². The molecule has 2 atom stereocenters. The lowest BCUT2D eigenvalue weighted by atomic mass is 9.79. The summed E-state index contributed by atoms with van der Waals surface area (Å²) in [6.07, 6.45) is 7.51. The van der Waals surface area contributed by atoms with Crippen LogP contribution in [0.15, 0.2) is 0 Å². The maximum Gasteiger partial charge on any atom is 0.220 e. The van der Waals surface area contributed by atoms with Crippen molar-refractivity contribution in [3.63, 3.8) is 0 Å². The number of nitrogens with one attached hydrogen (secondary N) is 1. The lowest BCUT2D eigenvalue weighted by Crippen LogP contribution is -2.51. The Morgan fingerprint density at radius 3 is 2.19 bits per heavy atom. The Balaban J connectivity index is 2.63. The summed E-state index contributed by atoms with van der Waals surface area (Å²) in [5.74, 6) is 0.739. The Morgan fingerprint density at radius 1 is 1.14 bits per heavy atom. The molecule has 0 spiro atoms. The molecule has 0 heterocycles. The molecule has 1 aliphatic carbocycles. The predicted octanol–water partition coefficient (Wildman–Crippen LogP) is 4.10. The zero-order chi connectivity index (χ0) is 16.0. The first-order valence-corrected chi connectivity index (χ1v) is 8.58. The second-order valence-electron chi connectivity index (χ2n) is 7.79. The fraction of sp³-hybridized carbons (Fsp3) is 0.889. The van der Waals surface area contributed by atoms with Crippen LogP contribution >= 0.6 is 0 Å². The third-order valence-electron chi connectivity index (χ3n) is 4.75. The van der Waals surface area contributed by atoms with Gasteiger partial charge in [-0.3, -0.25) is 9.59 Å². The highest BCUT2D eigenvalue weighted by molar-refractivity contribution is 5.91. The van der Waals surface area contributed by atoms with E-state index in [4.69, 9.17) is 0 Å². The summed E-state index contributed by atoms with van der Waals surface area (Å²) >= 11 is 0. The number of ketones is 1. The zero-order valence-corrected chi connectivity index (χ0v) is 14.5. The van der Waals surface area contributed by atoms with Gasteiger partial charge in [0.1, 0.15) is 0 Å². The molecule has 122 valence electrons. The predicted molar refractivity (Wildman–Crippen MR) is 87.0 cm³/mol. The number of rotatable bonds is 6. The average molecular weight is 295 g/mol. The fourth-order valence-corrected chi connectivity index (χ4v) is 3.07. The van der Waals surface area contributed by atoms with Crippen molar-refractivity contribution in [2.75, 3.05) is 0 Å². The Bertz CT molecular complexity index is 351. The summed E-state index contributed by atoms with van der Waals surface area (Å²) < 4.78 is 0. The second kappa shape index (κ2) is 7.95. The van der Waals surface area contributed by atoms with Gasteiger partial charge in [0.15, 0.2) is 5.78 Å². The zero-order valence-electron chi connectivity index (χ0n) is 14.5. The van der Waals surface area contributed by atoms with Gasteiger partial charge < -0.3 is 5.32 Å². The summed E-state index contributed by atoms with van der Waals surface area (Å²) in [6, 6.07) is -0.372. The van der Waals surface area contributed by atoms with Gasteiger partial charge in [-0.25, -0.2) is 0 Å². The third kappa shape index (κ3) is 5.80. The quantitative estimate of drug-likeness (QED) is 0.801. The van der Waals surface area contributed by atoms with Crippen molar-refractivity contribution < 1.29 is 9.59 Å². The van der Waals surface area contributed by atoms with Gasteiger partial charge in [0.05, 0.1) is 6.04 Å². The first kappa shape index (κ1) is 18.2. The van der Waals surface area contributed by atoms with E-state index in [2.05, 4.69) is 5.32 Å². The van der Waals surface area contributed by atoms with Crippen molar-refractivity contribution in [2.24, 2.45) is 17.3 Å². The van der Waals surface area contributed by atoms with E-state index < -0.39 is 0 Å². The number of hydrogen-bond acceptors (Lipinski definition) is 2. The van der Waals surface area contributed by atoms with Crippen LogP contribution in [0.3, 0.4) is 0 Å². The molecular weight excluding hydrogens is 262 g/mol. The molecule has 3 heteroatoms. The van der Waals surface area contributed by atoms with Crippen LogP contribution in [-0.2, 0) is 9.59 Å². The highest BCUT2D eigenvalue weighted by Gasteiger charge is 2.34. The minimum absolute atomic E-state index is 0.00389. The molecule has 1 fully saturated rings. The van der Waals surface area contributed by atoms with Gasteiger partial charge in [-0.1, -0.05) is 53.9 Å². The van der Waals surface area contributed by atoms with Gasteiger partial charge in [-0.15, -0.1) is 0 Å². The first-order chi connectivity index (χ1) is 9.75. The van der Waals surface area contributed by atoms with Crippen LogP contribution in [0.25, 0.3) is 0 Å². The SMILES string of the molecule is CCC(C)C(=O)[C@@H](NC(=O)CC1CCCCC1)C(C)(C)C. The van der Waals surface area contributed by atoms with Crippen LogP contribution in [0.2, 0.25) is 0 Å². The summed E-state index contributed by atoms with van der Waals surface area (Å²) in [6.45, 7) is 10.1. The van der Waals surface area contributed by atoms with Crippen molar-refractivity contribution in [3.05, 3.63) is 0 Å². The minimum atomic E-state index is -0.372. The molecule has 21 heavy (non-hydrogen) atoms. The van der Waals surface area contributed by atoms with Crippen LogP contribution in [-0.4, -0.2) is 17.7 Å². The Kier molecular flexibility index (Phi) is 6.89. The number of Topliss-reactive ketones (excluding diaryl/α,β-unsaturated/α-hetero) is 1. The van der Waals surface area contributed by atoms with Crippen molar-refractivity contribution in [1.82, 2.24) is 5.32 Å². The molecule has 1 rings (SSSR count). The molecule has 0 radical (unpaired) electrons. The second-order valence-corrected chi connectivity index (χ2v) is 7.79. The highest BCUT2D eigenvalue weighted by Crippen LogP contribution is 2.27. The highest BCUT2D eigenvalue weighted by atomic mass is 16.2. The number of amides is 1. The van der Waals surface area contributed by atoms with Crippen LogP contribution in [0.4, 0.5) is 0 Å². The summed E-state index contributed by atoms with van der Waals surface area (Å²) in [7, 11) is 0.